The lowest BCUT2D eigenvalue weighted by Crippen LogP contribution is -2.52. The van der Waals surface area contributed by atoms with Crippen molar-refractivity contribution < 1.29 is 24.6 Å². The normalized spacial score (nSPS) is 18.0. The molecule has 22 heavy (non-hydrogen) atoms. The molecule has 116 valence electrons. The van der Waals surface area contributed by atoms with Gasteiger partial charge in [-0.1, -0.05) is 24.0 Å². The monoisotopic (exact) mass is 338 g/mol. The van der Waals surface area contributed by atoms with Gasteiger partial charge in [-0.15, -0.1) is 0 Å². The Kier molecular flexibility index (Phi) is 4.67. The molecular weight excluding hydrogens is 328 g/mol. The molecule has 0 saturated carbocycles. The van der Waals surface area contributed by atoms with Crippen LogP contribution in [0.1, 0.15) is 12.1 Å². The predicted molar refractivity (Wildman–Crippen MR) is 78.8 cm³/mol. The van der Waals surface area contributed by atoms with Crippen LogP contribution in [0.3, 0.4) is 0 Å². The summed E-state index contributed by atoms with van der Waals surface area (Å²) in [5, 5.41) is 21.8. The topological polar surface area (TPSA) is 106 Å². The molecule has 2 rings (SSSR count). The number of thiocarbonyl (C=S) groups is 1. The fourth-order valence-electron chi connectivity index (χ4n) is 1.94. The molecule has 1 atom stereocenters. The first-order valence-electron chi connectivity index (χ1n) is 6.10. The van der Waals surface area contributed by atoms with Crippen LogP contribution in [0.25, 0.3) is 6.08 Å². The zero-order chi connectivity index (χ0) is 16.4. The summed E-state index contributed by atoms with van der Waals surface area (Å²) in [6.07, 6.45) is 2.46. The fourth-order valence-corrected chi connectivity index (χ4v) is 3.29. The van der Waals surface area contributed by atoms with E-state index in [1.165, 1.54) is 0 Å². The van der Waals surface area contributed by atoms with Crippen molar-refractivity contribution in [3.05, 3.63) is 28.9 Å². The smallest absolute Gasteiger partial charge is 0.266 e. The molecular formula is C13H10N2O5S2-2. The number of nitrogens with zero attached hydrogens (tertiary/aromatic N) is 2. The highest BCUT2D eigenvalue weighted by molar-refractivity contribution is 8.26. The van der Waals surface area contributed by atoms with E-state index in [1.54, 1.807) is 36.0 Å². The minimum absolute atomic E-state index is 0.0269. The molecule has 7 nitrogen and oxygen atoms in total. The number of aromatic nitrogens is 1. The molecule has 2 heterocycles. The molecule has 0 aromatic carbocycles. The molecule has 1 aliphatic rings. The van der Waals surface area contributed by atoms with Crippen LogP contribution in [0.5, 0.6) is 0 Å². The molecule has 1 fully saturated rings. The Morgan fingerprint density at radius 1 is 1.45 bits per heavy atom. The summed E-state index contributed by atoms with van der Waals surface area (Å²) in [6, 6.07) is 1.87. The first-order chi connectivity index (χ1) is 10.3. The van der Waals surface area contributed by atoms with Crippen molar-refractivity contribution in [3.8, 4) is 0 Å². The summed E-state index contributed by atoms with van der Waals surface area (Å²) in [6.45, 7) is 0. The van der Waals surface area contributed by atoms with E-state index in [9.17, 15) is 24.6 Å². The van der Waals surface area contributed by atoms with Crippen LogP contribution in [-0.2, 0) is 21.4 Å². The van der Waals surface area contributed by atoms with E-state index in [4.69, 9.17) is 12.2 Å². The van der Waals surface area contributed by atoms with Crippen molar-refractivity contribution in [2.75, 3.05) is 0 Å². The van der Waals surface area contributed by atoms with Crippen LogP contribution in [0.2, 0.25) is 0 Å². The molecule has 1 aliphatic heterocycles. The van der Waals surface area contributed by atoms with Gasteiger partial charge in [0.25, 0.3) is 5.91 Å². The Morgan fingerprint density at radius 2 is 2.14 bits per heavy atom. The highest BCUT2D eigenvalue weighted by atomic mass is 32.2. The molecule has 1 saturated heterocycles. The lowest BCUT2D eigenvalue weighted by molar-refractivity contribution is -0.319. The van der Waals surface area contributed by atoms with Crippen LogP contribution < -0.4 is 10.2 Å². The van der Waals surface area contributed by atoms with Gasteiger partial charge in [0.15, 0.2) is 0 Å². The average molecular weight is 338 g/mol. The quantitative estimate of drug-likeness (QED) is 0.474. The Hall–Kier alpha value is -2.13. The first kappa shape index (κ1) is 16.2. The standard InChI is InChI=1S/C13H12N2O5S2/c1-14-4-2-3-7(14)5-9-11(18)15(13(21)22-9)8(12(19)20)6-10(16)17/h2-5,8H,6H2,1H3,(H,16,17)(H,19,20)/p-2/b9-5-/t8-/m0/s1. The number of amides is 1. The molecule has 1 aromatic rings. The maximum atomic E-state index is 12.3. The fraction of sp³-hybridized carbons (Fsp3) is 0.231. The highest BCUT2D eigenvalue weighted by Crippen LogP contribution is 2.34. The summed E-state index contributed by atoms with van der Waals surface area (Å²) in [5.41, 5.74) is 0.727. The molecule has 0 N–H and O–H groups in total. The van der Waals surface area contributed by atoms with Gasteiger partial charge in [0, 0.05) is 31.3 Å². The SMILES string of the molecule is Cn1cccc1/C=C1\SC(=S)N([C@@H](CC(=O)[O-])C(=O)[O-])C1=O. The van der Waals surface area contributed by atoms with E-state index in [1.807, 2.05) is 0 Å². The lowest BCUT2D eigenvalue weighted by atomic mass is 10.2. The molecule has 0 bridgehead atoms. The molecule has 1 amide bonds. The second-order valence-corrected chi connectivity index (χ2v) is 6.18. The van der Waals surface area contributed by atoms with E-state index in [0.29, 0.717) is 0 Å². The summed E-state index contributed by atoms with van der Waals surface area (Å²) in [7, 11) is 1.78. The zero-order valence-electron chi connectivity index (χ0n) is 11.3. The Balaban J connectivity index is 2.32. The predicted octanol–water partition coefficient (Wildman–Crippen LogP) is -1.52. The molecule has 0 aliphatic carbocycles. The van der Waals surface area contributed by atoms with Crippen LogP contribution >= 0.6 is 24.0 Å². The molecule has 0 unspecified atom stereocenters. The van der Waals surface area contributed by atoms with Crippen LogP contribution in [-0.4, -0.2) is 37.7 Å². The number of aliphatic carboxylic acids is 2. The molecule has 1 aromatic heterocycles. The largest absolute Gasteiger partial charge is 0.550 e. The summed E-state index contributed by atoms with van der Waals surface area (Å²) < 4.78 is 1.74. The van der Waals surface area contributed by atoms with Crippen molar-refractivity contribution in [2.24, 2.45) is 7.05 Å². The summed E-state index contributed by atoms with van der Waals surface area (Å²) in [5.74, 6) is -3.96. The van der Waals surface area contributed by atoms with Crippen molar-refractivity contribution in [1.82, 2.24) is 9.47 Å². The molecule has 0 radical (unpaired) electrons. The third kappa shape index (κ3) is 3.20. The van der Waals surface area contributed by atoms with Crippen LogP contribution in [0.15, 0.2) is 23.2 Å². The van der Waals surface area contributed by atoms with Gasteiger partial charge < -0.3 is 24.4 Å². The number of carbonyl (C=O) groups is 3. The van der Waals surface area contributed by atoms with Crippen molar-refractivity contribution in [1.29, 1.82) is 0 Å². The van der Waals surface area contributed by atoms with Crippen molar-refractivity contribution >= 4 is 52.2 Å². The number of carboxylic acid groups (broad SMARTS) is 2. The maximum absolute atomic E-state index is 12.3. The van der Waals surface area contributed by atoms with Gasteiger partial charge in [-0.05, 0) is 18.2 Å². The second-order valence-electron chi connectivity index (χ2n) is 4.51. The van der Waals surface area contributed by atoms with Gasteiger partial charge in [-0.3, -0.25) is 9.69 Å². The van der Waals surface area contributed by atoms with E-state index in [2.05, 4.69) is 0 Å². The minimum atomic E-state index is -1.69. The average Bonchev–Trinajstić information content (AvgIpc) is 2.93. The van der Waals surface area contributed by atoms with Crippen molar-refractivity contribution in [3.63, 3.8) is 0 Å². The summed E-state index contributed by atoms with van der Waals surface area (Å²) in [4.78, 5) is 35.0. The van der Waals surface area contributed by atoms with E-state index < -0.39 is 30.3 Å². The summed E-state index contributed by atoms with van der Waals surface area (Å²) >= 11 is 5.90. The van der Waals surface area contributed by atoms with Gasteiger partial charge in [-0.25, -0.2) is 0 Å². The Morgan fingerprint density at radius 3 is 2.64 bits per heavy atom. The number of hydrogen-bond donors (Lipinski definition) is 0. The van der Waals surface area contributed by atoms with Crippen LogP contribution in [0, 0.1) is 0 Å². The Labute approximate surface area is 135 Å². The lowest BCUT2D eigenvalue weighted by Gasteiger charge is -2.27. The number of aryl methyl sites for hydroxylation is 1. The Bertz CT molecular complexity index is 694. The third-order valence-corrected chi connectivity index (χ3v) is 4.36. The van der Waals surface area contributed by atoms with E-state index in [0.717, 1.165) is 22.4 Å². The van der Waals surface area contributed by atoms with Gasteiger partial charge in [0.1, 0.15) is 4.32 Å². The first-order valence-corrected chi connectivity index (χ1v) is 7.33. The van der Waals surface area contributed by atoms with Gasteiger partial charge in [0.2, 0.25) is 0 Å². The molecule has 9 heteroatoms. The third-order valence-electron chi connectivity index (χ3n) is 3.03. The van der Waals surface area contributed by atoms with Gasteiger partial charge in [-0.2, -0.15) is 0 Å². The number of carbonyl (C=O) groups excluding carboxylic acids is 3. The van der Waals surface area contributed by atoms with Gasteiger partial charge in [0.05, 0.1) is 16.9 Å². The van der Waals surface area contributed by atoms with Crippen molar-refractivity contribution in [2.45, 2.75) is 12.5 Å². The zero-order valence-corrected chi connectivity index (χ0v) is 13.0. The second kappa shape index (κ2) is 6.32. The number of thioether (sulfide) groups is 1. The number of rotatable bonds is 5. The number of hydrogen-bond acceptors (Lipinski definition) is 7. The maximum Gasteiger partial charge on any atom is 0.266 e. The van der Waals surface area contributed by atoms with Crippen LogP contribution in [0.4, 0.5) is 0 Å². The van der Waals surface area contributed by atoms with E-state index in [-0.39, 0.29) is 9.23 Å². The minimum Gasteiger partial charge on any atom is -0.550 e. The highest BCUT2D eigenvalue weighted by Gasteiger charge is 2.37. The molecule has 0 spiro atoms. The van der Waals surface area contributed by atoms with E-state index >= 15 is 0 Å². The number of carboxylic acids is 2. The van der Waals surface area contributed by atoms with Gasteiger partial charge >= 0.3 is 0 Å².